The van der Waals surface area contributed by atoms with Crippen molar-refractivity contribution < 1.29 is 4.74 Å². The number of pyridine rings is 1. The molecule has 0 bridgehead atoms. The molecule has 0 spiro atoms. The first-order chi connectivity index (χ1) is 7.34. The number of anilines is 1. The zero-order valence-corrected chi connectivity index (χ0v) is 8.98. The lowest BCUT2D eigenvalue weighted by Crippen LogP contribution is -2.15. The minimum atomic E-state index is 0.335. The maximum absolute atomic E-state index is 5.82. The Hall–Kier alpha value is -1.25. The molecule has 1 aliphatic rings. The summed E-state index contributed by atoms with van der Waals surface area (Å²) in [6.07, 6.45) is 7.85. The van der Waals surface area contributed by atoms with E-state index in [-0.39, 0.29) is 0 Å². The summed E-state index contributed by atoms with van der Waals surface area (Å²) in [4.78, 5) is 4.15. The van der Waals surface area contributed by atoms with Crippen LogP contribution >= 0.6 is 0 Å². The summed E-state index contributed by atoms with van der Waals surface area (Å²) < 4.78 is 5.82. The van der Waals surface area contributed by atoms with E-state index in [1.165, 1.54) is 25.7 Å². The third-order valence-electron chi connectivity index (χ3n) is 2.83. The monoisotopic (exact) mass is 206 g/mol. The van der Waals surface area contributed by atoms with Crippen LogP contribution in [0.3, 0.4) is 0 Å². The topological polar surface area (TPSA) is 48.1 Å². The number of nitrogens with two attached hydrogens (primary N) is 1. The highest BCUT2D eigenvalue weighted by molar-refractivity contribution is 5.31. The molecule has 2 N–H and O–H groups in total. The summed E-state index contributed by atoms with van der Waals surface area (Å²) >= 11 is 0. The molecule has 0 aliphatic heterocycles. The lowest BCUT2D eigenvalue weighted by Gasteiger charge is -2.15. The fraction of sp³-hybridized carbons (Fsp3) is 0.583. The van der Waals surface area contributed by atoms with Crippen LogP contribution in [0.1, 0.15) is 38.5 Å². The zero-order valence-electron chi connectivity index (χ0n) is 8.98. The fourth-order valence-electron chi connectivity index (χ4n) is 2.03. The Morgan fingerprint density at radius 1 is 1.13 bits per heavy atom. The molecule has 82 valence electrons. The average molecular weight is 206 g/mol. The van der Waals surface area contributed by atoms with Crippen molar-refractivity contribution in [1.29, 1.82) is 0 Å². The van der Waals surface area contributed by atoms with Crippen molar-refractivity contribution in [3.8, 4) is 5.88 Å². The molecule has 15 heavy (non-hydrogen) atoms. The normalized spacial score (nSPS) is 18.4. The number of hydrogen-bond acceptors (Lipinski definition) is 3. The molecule has 0 radical (unpaired) electrons. The second-order valence-electron chi connectivity index (χ2n) is 4.13. The molecule has 0 unspecified atom stereocenters. The third kappa shape index (κ3) is 3.11. The van der Waals surface area contributed by atoms with Gasteiger partial charge < -0.3 is 10.5 Å². The van der Waals surface area contributed by atoms with Gasteiger partial charge in [0.15, 0.2) is 0 Å². The van der Waals surface area contributed by atoms with Gasteiger partial charge in [0, 0.05) is 6.07 Å². The van der Waals surface area contributed by atoms with Crippen LogP contribution in [0.5, 0.6) is 5.88 Å². The van der Waals surface area contributed by atoms with Crippen LogP contribution in [0, 0.1) is 0 Å². The van der Waals surface area contributed by atoms with Crippen LogP contribution in [0.15, 0.2) is 18.2 Å². The van der Waals surface area contributed by atoms with E-state index in [1.807, 2.05) is 12.1 Å². The number of ether oxygens (including phenoxy) is 1. The second-order valence-corrected chi connectivity index (χ2v) is 4.13. The molecule has 1 aliphatic carbocycles. The van der Waals surface area contributed by atoms with Gasteiger partial charge in [0.05, 0.1) is 0 Å². The molecule has 0 saturated heterocycles. The van der Waals surface area contributed by atoms with Crippen molar-refractivity contribution in [1.82, 2.24) is 4.98 Å². The van der Waals surface area contributed by atoms with E-state index in [1.54, 1.807) is 6.07 Å². The van der Waals surface area contributed by atoms with E-state index < -0.39 is 0 Å². The summed E-state index contributed by atoms with van der Waals surface area (Å²) in [6, 6.07) is 5.54. The Kier molecular flexibility index (Phi) is 3.43. The van der Waals surface area contributed by atoms with Crippen molar-refractivity contribution in [3.63, 3.8) is 0 Å². The fourth-order valence-corrected chi connectivity index (χ4v) is 2.03. The van der Waals surface area contributed by atoms with Gasteiger partial charge in [-0.2, -0.15) is 4.98 Å². The van der Waals surface area contributed by atoms with Crippen molar-refractivity contribution in [2.24, 2.45) is 0 Å². The minimum absolute atomic E-state index is 0.335. The Bertz CT molecular complexity index is 306. The molecule has 1 heterocycles. The molecule has 1 aromatic rings. The number of nitrogens with zero attached hydrogens (tertiary/aromatic N) is 1. The highest BCUT2D eigenvalue weighted by atomic mass is 16.5. The van der Waals surface area contributed by atoms with Gasteiger partial charge in [-0.3, -0.25) is 0 Å². The molecule has 3 nitrogen and oxygen atoms in total. The van der Waals surface area contributed by atoms with Gasteiger partial charge in [-0.15, -0.1) is 0 Å². The molecule has 1 aromatic heterocycles. The predicted molar refractivity (Wildman–Crippen MR) is 60.8 cm³/mol. The summed E-state index contributed by atoms with van der Waals surface area (Å²) in [5, 5.41) is 0. The maximum atomic E-state index is 5.82. The van der Waals surface area contributed by atoms with E-state index in [9.17, 15) is 0 Å². The Morgan fingerprint density at radius 2 is 1.87 bits per heavy atom. The smallest absolute Gasteiger partial charge is 0.215 e. The summed E-state index contributed by atoms with van der Waals surface area (Å²) in [5.41, 5.74) is 5.60. The predicted octanol–water partition coefficient (Wildman–Crippen LogP) is 2.77. The molecule has 0 aromatic carbocycles. The van der Waals surface area contributed by atoms with E-state index in [0.717, 1.165) is 12.8 Å². The van der Waals surface area contributed by atoms with Gasteiger partial charge in [0.1, 0.15) is 11.9 Å². The van der Waals surface area contributed by atoms with Crippen molar-refractivity contribution in [3.05, 3.63) is 18.2 Å². The number of rotatable bonds is 2. The second kappa shape index (κ2) is 5.01. The molecule has 0 atom stereocenters. The first kappa shape index (κ1) is 10.3. The van der Waals surface area contributed by atoms with Crippen LogP contribution in [0.4, 0.5) is 5.82 Å². The standard InChI is InChI=1S/C12H18N2O/c13-11-8-5-9-12(14-11)15-10-6-3-1-2-4-7-10/h5,8-10H,1-4,6-7H2,(H2,13,14). The van der Waals surface area contributed by atoms with Gasteiger partial charge in [-0.25, -0.2) is 0 Å². The lowest BCUT2D eigenvalue weighted by atomic mass is 10.1. The van der Waals surface area contributed by atoms with Crippen molar-refractivity contribution in [2.75, 3.05) is 5.73 Å². The van der Waals surface area contributed by atoms with E-state index in [0.29, 0.717) is 17.8 Å². The number of nitrogen functional groups attached to an aromatic ring is 1. The van der Waals surface area contributed by atoms with Gasteiger partial charge in [0.25, 0.3) is 0 Å². The van der Waals surface area contributed by atoms with Gasteiger partial charge in [-0.1, -0.05) is 18.9 Å². The minimum Gasteiger partial charge on any atom is -0.474 e. The van der Waals surface area contributed by atoms with Gasteiger partial charge in [-0.05, 0) is 31.7 Å². The van der Waals surface area contributed by atoms with Crippen molar-refractivity contribution >= 4 is 5.82 Å². The summed E-state index contributed by atoms with van der Waals surface area (Å²) in [7, 11) is 0. The third-order valence-corrected chi connectivity index (χ3v) is 2.83. The molecule has 3 heteroatoms. The van der Waals surface area contributed by atoms with Gasteiger partial charge in [0.2, 0.25) is 5.88 Å². The molecule has 1 fully saturated rings. The summed E-state index contributed by atoms with van der Waals surface area (Å²) in [5.74, 6) is 1.20. The average Bonchev–Trinajstić information content (AvgIpc) is 2.46. The van der Waals surface area contributed by atoms with Crippen LogP contribution in [-0.2, 0) is 0 Å². The largest absolute Gasteiger partial charge is 0.474 e. The highest BCUT2D eigenvalue weighted by Gasteiger charge is 2.13. The van der Waals surface area contributed by atoms with E-state index >= 15 is 0 Å². The first-order valence-corrected chi connectivity index (χ1v) is 5.74. The van der Waals surface area contributed by atoms with Crippen molar-refractivity contribution in [2.45, 2.75) is 44.6 Å². The Morgan fingerprint density at radius 3 is 2.53 bits per heavy atom. The molecule has 0 amide bonds. The van der Waals surface area contributed by atoms with Gasteiger partial charge >= 0.3 is 0 Å². The Labute approximate surface area is 90.7 Å². The molecule has 2 rings (SSSR count). The molecular formula is C12H18N2O. The zero-order chi connectivity index (χ0) is 10.5. The SMILES string of the molecule is Nc1cccc(OC2CCCCCC2)n1. The Balaban J connectivity index is 1.95. The van der Waals surface area contributed by atoms with Crippen LogP contribution in [-0.4, -0.2) is 11.1 Å². The summed E-state index contributed by atoms with van der Waals surface area (Å²) in [6.45, 7) is 0. The molecule has 1 saturated carbocycles. The lowest BCUT2D eigenvalue weighted by molar-refractivity contribution is 0.176. The van der Waals surface area contributed by atoms with E-state index in [2.05, 4.69) is 4.98 Å². The first-order valence-electron chi connectivity index (χ1n) is 5.74. The van der Waals surface area contributed by atoms with Crippen LogP contribution < -0.4 is 10.5 Å². The number of aromatic nitrogens is 1. The van der Waals surface area contributed by atoms with E-state index in [4.69, 9.17) is 10.5 Å². The van der Waals surface area contributed by atoms with Crippen LogP contribution in [0.2, 0.25) is 0 Å². The van der Waals surface area contributed by atoms with Crippen LogP contribution in [0.25, 0.3) is 0 Å². The quantitative estimate of drug-likeness (QED) is 0.757. The maximum Gasteiger partial charge on any atom is 0.215 e. The molecular weight excluding hydrogens is 188 g/mol. The number of hydrogen-bond donors (Lipinski definition) is 1. The highest BCUT2D eigenvalue weighted by Crippen LogP contribution is 2.21.